The monoisotopic (exact) mass is 380 g/mol. The molecule has 2 aromatic rings. The Morgan fingerprint density at radius 3 is 2.61 bits per heavy atom. The Bertz CT molecular complexity index is 857. The van der Waals surface area contributed by atoms with E-state index in [-0.39, 0.29) is 23.9 Å². The highest BCUT2D eigenvalue weighted by Gasteiger charge is 2.35. The van der Waals surface area contributed by atoms with Gasteiger partial charge in [-0.25, -0.2) is 4.79 Å². The van der Waals surface area contributed by atoms with Crippen molar-refractivity contribution < 1.29 is 9.59 Å². The third-order valence-electron chi connectivity index (χ3n) is 6.06. The molecule has 28 heavy (non-hydrogen) atoms. The summed E-state index contributed by atoms with van der Waals surface area (Å²) in [4.78, 5) is 26.9. The van der Waals surface area contributed by atoms with Crippen LogP contribution in [-0.2, 0) is 4.79 Å². The lowest BCUT2D eigenvalue weighted by atomic mass is 9.97. The van der Waals surface area contributed by atoms with Crippen LogP contribution in [-0.4, -0.2) is 42.0 Å². The summed E-state index contributed by atoms with van der Waals surface area (Å²) in [7, 11) is 0. The largest absolute Gasteiger partial charge is 0.341 e. The van der Waals surface area contributed by atoms with E-state index < -0.39 is 6.04 Å². The van der Waals surface area contributed by atoms with Crippen LogP contribution in [0.5, 0.6) is 0 Å². The van der Waals surface area contributed by atoms with E-state index in [1.807, 2.05) is 47.4 Å². The van der Waals surface area contributed by atoms with Crippen LogP contribution in [0.15, 0.2) is 42.5 Å². The summed E-state index contributed by atoms with van der Waals surface area (Å²) in [6.45, 7) is 1.66. The summed E-state index contributed by atoms with van der Waals surface area (Å²) < 4.78 is 0. The van der Waals surface area contributed by atoms with Crippen LogP contribution in [0.1, 0.15) is 32.1 Å². The minimum absolute atomic E-state index is 0.0532. The number of fused-ring (bicyclic) bond motifs is 1. The molecule has 148 valence electrons. The van der Waals surface area contributed by atoms with E-state index in [1.54, 1.807) is 0 Å². The number of hydrogen-bond donors (Lipinski definition) is 3. The molecule has 0 unspecified atom stereocenters. The van der Waals surface area contributed by atoms with E-state index in [0.717, 1.165) is 61.7 Å². The zero-order valence-electron chi connectivity index (χ0n) is 16.1. The topological polar surface area (TPSA) is 87.5 Å². The van der Waals surface area contributed by atoms with Gasteiger partial charge in [0, 0.05) is 24.5 Å². The van der Waals surface area contributed by atoms with Crippen molar-refractivity contribution in [3.8, 4) is 0 Å². The van der Waals surface area contributed by atoms with Crippen LogP contribution in [0, 0.1) is 5.92 Å². The molecule has 6 heteroatoms. The maximum atomic E-state index is 12.5. The number of hydrogen-bond acceptors (Lipinski definition) is 3. The van der Waals surface area contributed by atoms with Gasteiger partial charge >= 0.3 is 6.03 Å². The Morgan fingerprint density at radius 2 is 1.79 bits per heavy atom. The second kappa shape index (κ2) is 8.19. The van der Waals surface area contributed by atoms with E-state index in [9.17, 15) is 9.59 Å². The van der Waals surface area contributed by atoms with Gasteiger partial charge in [-0.05, 0) is 49.5 Å². The summed E-state index contributed by atoms with van der Waals surface area (Å²) in [6.07, 6.45) is 4.63. The van der Waals surface area contributed by atoms with Crippen LogP contribution in [0.4, 0.5) is 10.5 Å². The molecule has 0 aromatic heterocycles. The third-order valence-corrected chi connectivity index (χ3v) is 6.06. The lowest BCUT2D eigenvalue weighted by Gasteiger charge is -2.24. The fourth-order valence-corrected chi connectivity index (χ4v) is 4.50. The van der Waals surface area contributed by atoms with Gasteiger partial charge in [-0.2, -0.15) is 0 Å². The lowest BCUT2D eigenvalue weighted by molar-refractivity contribution is -0.132. The number of carbonyl (C=O) groups excluding carboxylic acids is 2. The van der Waals surface area contributed by atoms with Gasteiger partial charge in [0.15, 0.2) is 0 Å². The van der Waals surface area contributed by atoms with Gasteiger partial charge in [-0.15, -0.1) is 0 Å². The Balaban J connectivity index is 1.32. The summed E-state index contributed by atoms with van der Waals surface area (Å²) in [5.74, 6) is 0.208. The number of rotatable bonds is 4. The molecule has 1 aliphatic heterocycles. The average molecular weight is 380 g/mol. The van der Waals surface area contributed by atoms with Crippen LogP contribution >= 0.6 is 0 Å². The summed E-state index contributed by atoms with van der Waals surface area (Å²) in [5, 5.41) is 8.13. The van der Waals surface area contributed by atoms with Crippen molar-refractivity contribution in [2.24, 2.45) is 11.7 Å². The van der Waals surface area contributed by atoms with Crippen LogP contribution in [0.25, 0.3) is 10.8 Å². The van der Waals surface area contributed by atoms with Crippen LogP contribution in [0.3, 0.4) is 0 Å². The molecule has 3 atom stereocenters. The number of benzene rings is 2. The van der Waals surface area contributed by atoms with Crippen molar-refractivity contribution >= 4 is 28.4 Å². The molecule has 2 fully saturated rings. The average Bonchev–Trinajstić information content (AvgIpc) is 3.39. The number of nitrogens with zero attached hydrogens (tertiary/aromatic N) is 1. The first-order chi connectivity index (χ1) is 13.6. The molecule has 1 aliphatic carbocycles. The minimum Gasteiger partial charge on any atom is -0.341 e. The molecule has 1 saturated carbocycles. The van der Waals surface area contributed by atoms with E-state index >= 15 is 0 Å². The Kier molecular flexibility index (Phi) is 5.48. The molecule has 1 heterocycles. The fourth-order valence-electron chi connectivity index (χ4n) is 4.50. The first kappa shape index (κ1) is 18.7. The zero-order chi connectivity index (χ0) is 19.5. The molecule has 1 saturated heterocycles. The summed E-state index contributed by atoms with van der Waals surface area (Å²) in [6, 6.07) is 13.2. The van der Waals surface area contributed by atoms with E-state index in [2.05, 4.69) is 10.6 Å². The fraction of sp³-hybridized carbons (Fsp3) is 0.455. The lowest BCUT2D eigenvalue weighted by Crippen LogP contribution is -2.46. The summed E-state index contributed by atoms with van der Waals surface area (Å²) in [5.41, 5.74) is 7.06. The Morgan fingerprint density at radius 1 is 1.04 bits per heavy atom. The number of amides is 3. The highest BCUT2D eigenvalue weighted by atomic mass is 16.2. The molecule has 0 spiro atoms. The second-order valence-electron chi connectivity index (χ2n) is 7.95. The number of likely N-dealkylation sites (tertiary alicyclic amines) is 1. The molecular weight excluding hydrogens is 352 g/mol. The van der Waals surface area contributed by atoms with Gasteiger partial charge < -0.3 is 21.3 Å². The smallest absolute Gasteiger partial charge is 0.319 e. The Labute approximate surface area is 165 Å². The number of carbonyl (C=O) groups is 2. The van der Waals surface area contributed by atoms with Gasteiger partial charge in [-0.3, -0.25) is 4.79 Å². The zero-order valence-corrected chi connectivity index (χ0v) is 16.1. The second-order valence-corrected chi connectivity index (χ2v) is 7.95. The highest BCUT2D eigenvalue weighted by Crippen LogP contribution is 2.29. The standard InChI is InChI=1S/C22H28N4O2/c23-20(21(27)26-12-3-4-13-26)16-10-11-17(14-16)24-22(28)25-19-9-5-7-15-6-1-2-8-18(15)19/h1-2,5-9,16-17,20H,3-4,10-14,23H2,(H2,24,25,28)/t16-,17+,20+/m1/s1. The van der Waals surface area contributed by atoms with Crippen molar-refractivity contribution in [3.63, 3.8) is 0 Å². The van der Waals surface area contributed by atoms with Gasteiger partial charge in [0.05, 0.1) is 11.7 Å². The number of nitrogens with two attached hydrogens (primary N) is 1. The van der Waals surface area contributed by atoms with Crippen molar-refractivity contribution in [1.29, 1.82) is 0 Å². The molecule has 3 amide bonds. The minimum atomic E-state index is -0.453. The first-order valence-electron chi connectivity index (χ1n) is 10.2. The third kappa shape index (κ3) is 3.97. The SMILES string of the molecule is N[C@H](C(=O)N1CCCC1)[C@@H]1CC[C@H](NC(=O)Nc2cccc3ccccc23)C1. The highest BCUT2D eigenvalue weighted by molar-refractivity contribution is 6.01. The van der Waals surface area contributed by atoms with Crippen molar-refractivity contribution in [2.45, 2.75) is 44.2 Å². The molecule has 2 aliphatic rings. The summed E-state index contributed by atoms with van der Waals surface area (Å²) >= 11 is 0. The molecule has 6 nitrogen and oxygen atoms in total. The molecular formula is C22H28N4O2. The van der Waals surface area contributed by atoms with Crippen molar-refractivity contribution in [1.82, 2.24) is 10.2 Å². The van der Waals surface area contributed by atoms with E-state index in [1.165, 1.54) is 0 Å². The van der Waals surface area contributed by atoms with Gasteiger partial charge in [0.25, 0.3) is 0 Å². The number of nitrogens with one attached hydrogen (secondary N) is 2. The first-order valence-corrected chi connectivity index (χ1v) is 10.2. The van der Waals surface area contributed by atoms with Crippen molar-refractivity contribution in [3.05, 3.63) is 42.5 Å². The van der Waals surface area contributed by atoms with E-state index in [4.69, 9.17) is 5.73 Å². The van der Waals surface area contributed by atoms with Crippen molar-refractivity contribution in [2.75, 3.05) is 18.4 Å². The van der Waals surface area contributed by atoms with Crippen LogP contribution < -0.4 is 16.4 Å². The van der Waals surface area contributed by atoms with Gasteiger partial charge in [0.1, 0.15) is 0 Å². The molecule has 4 N–H and O–H groups in total. The quantitative estimate of drug-likeness (QED) is 0.762. The van der Waals surface area contributed by atoms with Gasteiger partial charge in [0.2, 0.25) is 5.91 Å². The predicted octanol–water partition coefficient (Wildman–Crippen LogP) is 3.08. The van der Waals surface area contributed by atoms with Crippen LogP contribution in [0.2, 0.25) is 0 Å². The maximum absolute atomic E-state index is 12.5. The number of urea groups is 1. The van der Waals surface area contributed by atoms with Gasteiger partial charge in [-0.1, -0.05) is 36.4 Å². The maximum Gasteiger partial charge on any atom is 0.319 e. The molecule has 2 aromatic carbocycles. The molecule has 0 radical (unpaired) electrons. The molecule has 0 bridgehead atoms. The van der Waals surface area contributed by atoms with E-state index in [0.29, 0.717) is 0 Å². The molecule has 4 rings (SSSR count). The number of anilines is 1. The Hall–Kier alpha value is -2.60. The predicted molar refractivity (Wildman–Crippen MR) is 111 cm³/mol. The normalized spacial score (nSPS) is 23.0.